The van der Waals surface area contributed by atoms with Gasteiger partial charge in [0.25, 0.3) is 0 Å². The van der Waals surface area contributed by atoms with E-state index in [0.717, 1.165) is 6.54 Å². The van der Waals surface area contributed by atoms with E-state index in [1.54, 1.807) is 0 Å². The van der Waals surface area contributed by atoms with Gasteiger partial charge in [0.05, 0.1) is 0 Å². The second-order valence-electron chi connectivity index (χ2n) is 4.37. The molecule has 15 heavy (non-hydrogen) atoms. The van der Waals surface area contributed by atoms with Crippen LogP contribution in [0, 0.1) is 6.92 Å². The van der Waals surface area contributed by atoms with Gasteiger partial charge < -0.3 is 10.6 Å². The van der Waals surface area contributed by atoms with E-state index < -0.39 is 0 Å². The third-order valence-electron chi connectivity index (χ3n) is 3.02. The summed E-state index contributed by atoms with van der Waals surface area (Å²) in [7, 11) is 0. The van der Waals surface area contributed by atoms with E-state index in [1.807, 2.05) is 11.3 Å². The van der Waals surface area contributed by atoms with Gasteiger partial charge in [0.15, 0.2) is 0 Å². The van der Waals surface area contributed by atoms with Gasteiger partial charge in [-0.1, -0.05) is 0 Å². The molecule has 1 aromatic rings. The van der Waals surface area contributed by atoms with E-state index >= 15 is 0 Å². The second-order valence-corrected chi connectivity index (χ2v) is 5.69. The lowest BCUT2D eigenvalue weighted by Crippen LogP contribution is -2.34. The van der Waals surface area contributed by atoms with Crippen molar-refractivity contribution in [3.05, 3.63) is 21.9 Å². The molecule has 0 aromatic carbocycles. The molecule has 1 aromatic heterocycles. The standard InChI is InChI=1S/C12H20N2S/c1-9-5-6-12(15-9)10(2)14-8-11-4-3-7-13-11/h5-6,10-11,13-14H,3-4,7-8H2,1-2H3. The van der Waals surface area contributed by atoms with Crippen LogP contribution < -0.4 is 10.6 Å². The fourth-order valence-electron chi connectivity index (χ4n) is 2.04. The van der Waals surface area contributed by atoms with Crippen molar-refractivity contribution in [2.75, 3.05) is 13.1 Å². The molecule has 0 saturated carbocycles. The highest BCUT2D eigenvalue weighted by molar-refractivity contribution is 7.12. The Labute approximate surface area is 96.1 Å². The third kappa shape index (κ3) is 3.03. The summed E-state index contributed by atoms with van der Waals surface area (Å²) >= 11 is 1.90. The zero-order valence-corrected chi connectivity index (χ0v) is 10.4. The molecule has 84 valence electrons. The smallest absolute Gasteiger partial charge is 0.0386 e. The molecule has 1 aliphatic rings. The van der Waals surface area contributed by atoms with Crippen LogP contribution in [0.4, 0.5) is 0 Å². The van der Waals surface area contributed by atoms with Crippen molar-refractivity contribution >= 4 is 11.3 Å². The summed E-state index contributed by atoms with van der Waals surface area (Å²) in [4.78, 5) is 2.85. The summed E-state index contributed by atoms with van der Waals surface area (Å²) in [6, 6.07) is 5.62. The van der Waals surface area contributed by atoms with E-state index in [2.05, 4.69) is 36.6 Å². The second kappa shape index (κ2) is 5.10. The molecule has 2 rings (SSSR count). The monoisotopic (exact) mass is 224 g/mol. The molecule has 1 saturated heterocycles. The Morgan fingerprint density at radius 1 is 1.60 bits per heavy atom. The molecule has 0 aliphatic carbocycles. The van der Waals surface area contributed by atoms with E-state index in [9.17, 15) is 0 Å². The lowest BCUT2D eigenvalue weighted by atomic mass is 10.2. The Kier molecular flexibility index (Phi) is 3.78. The normalized spacial score (nSPS) is 23.2. The predicted octanol–water partition coefficient (Wildman–Crippen LogP) is 2.46. The van der Waals surface area contributed by atoms with Gasteiger partial charge in [0, 0.05) is 28.4 Å². The summed E-state index contributed by atoms with van der Waals surface area (Å²) in [6.07, 6.45) is 2.65. The van der Waals surface area contributed by atoms with Crippen molar-refractivity contribution in [2.45, 2.75) is 38.8 Å². The van der Waals surface area contributed by atoms with E-state index in [0.29, 0.717) is 12.1 Å². The van der Waals surface area contributed by atoms with Gasteiger partial charge in [-0.15, -0.1) is 11.3 Å². The van der Waals surface area contributed by atoms with Crippen molar-refractivity contribution in [2.24, 2.45) is 0 Å². The number of nitrogens with one attached hydrogen (secondary N) is 2. The lowest BCUT2D eigenvalue weighted by molar-refractivity contribution is 0.493. The van der Waals surface area contributed by atoms with Gasteiger partial charge in [-0.25, -0.2) is 0 Å². The van der Waals surface area contributed by atoms with E-state index in [4.69, 9.17) is 0 Å². The fourth-order valence-corrected chi connectivity index (χ4v) is 2.94. The molecule has 2 atom stereocenters. The summed E-state index contributed by atoms with van der Waals surface area (Å²) in [6.45, 7) is 6.70. The Morgan fingerprint density at radius 3 is 3.07 bits per heavy atom. The quantitative estimate of drug-likeness (QED) is 0.821. The first-order valence-electron chi connectivity index (χ1n) is 5.79. The third-order valence-corrected chi connectivity index (χ3v) is 4.20. The van der Waals surface area contributed by atoms with Crippen LogP contribution in [0.2, 0.25) is 0 Å². The largest absolute Gasteiger partial charge is 0.313 e. The number of thiophene rings is 1. The number of hydrogen-bond donors (Lipinski definition) is 2. The Morgan fingerprint density at radius 2 is 2.47 bits per heavy atom. The molecule has 0 amide bonds. The predicted molar refractivity (Wildman–Crippen MR) is 66.5 cm³/mol. The molecule has 2 heterocycles. The van der Waals surface area contributed by atoms with Crippen LogP contribution in [-0.4, -0.2) is 19.1 Å². The molecule has 0 radical (unpaired) electrons. The first-order chi connectivity index (χ1) is 7.25. The van der Waals surface area contributed by atoms with Crippen LogP contribution >= 0.6 is 11.3 Å². The van der Waals surface area contributed by atoms with Crippen LogP contribution in [-0.2, 0) is 0 Å². The Balaban J connectivity index is 1.79. The molecule has 0 spiro atoms. The summed E-state index contributed by atoms with van der Waals surface area (Å²) in [5, 5.41) is 7.11. The number of aryl methyl sites for hydroxylation is 1. The van der Waals surface area contributed by atoms with Crippen LogP contribution in [0.5, 0.6) is 0 Å². The van der Waals surface area contributed by atoms with Crippen LogP contribution in [0.1, 0.15) is 35.6 Å². The lowest BCUT2D eigenvalue weighted by Gasteiger charge is -2.16. The van der Waals surface area contributed by atoms with Gasteiger partial charge >= 0.3 is 0 Å². The average Bonchev–Trinajstić information content (AvgIpc) is 2.84. The van der Waals surface area contributed by atoms with E-state index in [-0.39, 0.29) is 0 Å². The maximum absolute atomic E-state index is 3.60. The molecule has 1 fully saturated rings. The van der Waals surface area contributed by atoms with Crippen molar-refractivity contribution < 1.29 is 0 Å². The molecule has 3 heteroatoms. The minimum atomic E-state index is 0.492. The first-order valence-corrected chi connectivity index (χ1v) is 6.60. The zero-order chi connectivity index (χ0) is 10.7. The maximum atomic E-state index is 3.60. The van der Waals surface area contributed by atoms with Gasteiger partial charge in [-0.2, -0.15) is 0 Å². The number of rotatable bonds is 4. The first kappa shape index (κ1) is 11.1. The maximum Gasteiger partial charge on any atom is 0.0386 e. The minimum absolute atomic E-state index is 0.492. The SMILES string of the molecule is Cc1ccc(C(C)NCC2CCCN2)s1. The van der Waals surface area contributed by atoms with Crippen LogP contribution in [0.3, 0.4) is 0 Å². The van der Waals surface area contributed by atoms with Gasteiger partial charge in [-0.05, 0) is 45.4 Å². The molecule has 2 nitrogen and oxygen atoms in total. The molecule has 0 bridgehead atoms. The van der Waals surface area contributed by atoms with Crippen molar-refractivity contribution in [1.82, 2.24) is 10.6 Å². The van der Waals surface area contributed by atoms with Crippen molar-refractivity contribution in [3.63, 3.8) is 0 Å². The Bertz CT molecular complexity index is 302. The molecular weight excluding hydrogens is 204 g/mol. The fraction of sp³-hybridized carbons (Fsp3) is 0.667. The molecular formula is C12H20N2S. The zero-order valence-electron chi connectivity index (χ0n) is 9.55. The topological polar surface area (TPSA) is 24.1 Å². The van der Waals surface area contributed by atoms with Gasteiger partial charge in [0.2, 0.25) is 0 Å². The van der Waals surface area contributed by atoms with Crippen LogP contribution in [0.15, 0.2) is 12.1 Å². The van der Waals surface area contributed by atoms with Crippen molar-refractivity contribution in [3.8, 4) is 0 Å². The minimum Gasteiger partial charge on any atom is -0.313 e. The number of hydrogen-bond acceptors (Lipinski definition) is 3. The summed E-state index contributed by atoms with van der Waals surface area (Å²) < 4.78 is 0. The van der Waals surface area contributed by atoms with Crippen LogP contribution in [0.25, 0.3) is 0 Å². The summed E-state index contributed by atoms with van der Waals surface area (Å²) in [5.74, 6) is 0. The van der Waals surface area contributed by atoms with Gasteiger partial charge in [0.1, 0.15) is 0 Å². The highest BCUT2D eigenvalue weighted by Gasteiger charge is 2.15. The highest BCUT2D eigenvalue weighted by atomic mass is 32.1. The van der Waals surface area contributed by atoms with Crippen molar-refractivity contribution in [1.29, 1.82) is 0 Å². The molecule has 1 aliphatic heterocycles. The summed E-state index contributed by atoms with van der Waals surface area (Å²) in [5.41, 5.74) is 0. The Hall–Kier alpha value is -0.380. The molecule has 2 N–H and O–H groups in total. The highest BCUT2D eigenvalue weighted by Crippen LogP contribution is 2.22. The van der Waals surface area contributed by atoms with E-state index in [1.165, 1.54) is 29.1 Å². The average molecular weight is 224 g/mol. The molecule has 2 unspecified atom stereocenters. The van der Waals surface area contributed by atoms with Gasteiger partial charge in [-0.3, -0.25) is 0 Å².